The van der Waals surface area contributed by atoms with Gasteiger partial charge in [-0.3, -0.25) is 4.79 Å². The van der Waals surface area contributed by atoms with Gasteiger partial charge >= 0.3 is 5.97 Å². The first-order valence-electron chi connectivity index (χ1n) is 7.46. The summed E-state index contributed by atoms with van der Waals surface area (Å²) in [6.45, 7) is 0.171. The van der Waals surface area contributed by atoms with Crippen LogP contribution in [0.3, 0.4) is 0 Å². The van der Waals surface area contributed by atoms with Crippen molar-refractivity contribution in [1.29, 1.82) is 0 Å². The number of hydrogen-bond donors (Lipinski definition) is 2. The lowest BCUT2D eigenvalue weighted by Gasteiger charge is -2.25. The van der Waals surface area contributed by atoms with E-state index < -0.39 is 12.0 Å². The predicted molar refractivity (Wildman–Crippen MR) is 85.3 cm³/mol. The van der Waals surface area contributed by atoms with Gasteiger partial charge < -0.3 is 24.8 Å². The topological polar surface area (TPSA) is 85.9 Å². The van der Waals surface area contributed by atoms with Gasteiger partial charge in [0.2, 0.25) is 12.7 Å². The minimum atomic E-state index is -0.728. The van der Waals surface area contributed by atoms with E-state index in [0.717, 1.165) is 0 Å². The van der Waals surface area contributed by atoms with Crippen LogP contribution in [0.5, 0.6) is 17.2 Å². The maximum Gasteiger partial charge on any atom is 0.334 e. The van der Waals surface area contributed by atoms with Crippen molar-refractivity contribution in [3.8, 4) is 17.2 Å². The third kappa shape index (κ3) is 2.71. The zero-order valence-electron chi connectivity index (χ0n) is 12.6. The highest BCUT2D eigenvalue weighted by Crippen LogP contribution is 2.34. The molecule has 0 aromatic heterocycles. The second-order valence-electron chi connectivity index (χ2n) is 5.43. The summed E-state index contributed by atoms with van der Waals surface area (Å²) >= 11 is 0. The average molecular weight is 326 g/mol. The van der Waals surface area contributed by atoms with E-state index in [4.69, 9.17) is 14.2 Å². The summed E-state index contributed by atoms with van der Waals surface area (Å²) in [4.78, 5) is 24.2. The smallest absolute Gasteiger partial charge is 0.334 e. The zero-order chi connectivity index (χ0) is 16.5. The SMILES string of the molecule is O=C(C[C@H]1Nc2ccccc2OC1=O)Nc1ccc2c(c1)OCO2. The number of carbonyl (C=O) groups is 2. The van der Waals surface area contributed by atoms with Gasteiger partial charge in [-0.25, -0.2) is 4.79 Å². The van der Waals surface area contributed by atoms with Crippen LogP contribution in [0.15, 0.2) is 42.5 Å². The summed E-state index contributed by atoms with van der Waals surface area (Å²) in [7, 11) is 0. The lowest BCUT2D eigenvalue weighted by molar-refractivity contribution is -0.137. The highest BCUT2D eigenvalue weighted by molar-refractivity contribution is 5.97. The fraction of sp³-hybridized carbons (Fsp3) is 0.176. The first kappa shape index (κ1) is 14.4. The number of nitrogens with one attached hydrogen (secondary N) is 2. The van der Waals surface area contributed by atoms with E-state index in [2.05, 4.69) is 10.6 Å². The molecule has 0 unspecified atom stereocenters. The van der Waals surface area contributed by atoms with Gasteiger partial charge in [0, 0.05) is 11.8 Å². The molecule has 0 saturated heterocycles. The molecule has 0 fully saturated rings. The van der Waals surface area contributed by atoms with Crippen LogP contribution in [0, 0.1) is 0 Å². The summed E-state index contributed by atoms with van der Waals surface area (Å²) in [6, 6.07) is 11.5. The number of para-hydroxylation sites is 2. The van der Waals surface area contributed by atoms with Crippen molar-refractivity contribution in [2.75, 3.05) is 17.4 Å². The van der Waals surface area contributed by atoms with Crippen molar-refractivity contribution in [3.63, 3.8) is 0 Å². The number of esters is 1. The Bertz CT molecular complexity index is 820. The molecular formula is C17H14N2O5. The molecule has 4 rings (SSSR count). The minimum absolute atomic E-state index is 0.0401. The molecule has 122 valence electrons. The Kier molecular flexibility index (Phi) is 3.45. The predicted octanol–water partition coefficient (Wildman–Crippen LogP) is 2.14. The monoisotopic (exact) mass is 326 g/mol. The Balaban J connectivity index is 1.42. The van der Waals surface area contributed by atoms with Crippen molar-refractivity contribution in [2.45, 2.75) is 12.5 Å². The molecule has 24 heavy (non-hydrogen) atoms. The number of fused-ring (bicyclic) bond motifs is 2. The van der Waals surface area contributed by atoms with Gasteiger partial charge in [-0.2, -0.15) is 0 Å². The molecule has 2 aromatic carbocycles. The molecule has 2 N–H and O–H groups in total. The summed E-state index contributed by atoms with van der Waals surface area (Å²) < 4.78 is 15.7. The molecule has 0 bridgehead atoms. The molecule has 2 aliphatic heterocycles. The van der Waals surface area contributed by atoms with E-state index in [0.29, 0.717) is 28.6 Å². The molecule has 7 nitrogen and oxygen atoms in total. The number of rotatable bonds is 3. The molecule has 0 spiro atoms. The quantitative estimate of drug-likeness (QED) is 0.664. The van der Waals surface area contributed by atoms with Crippen molar-refractivity contribution < 1.29 is 23.8 Å². The Labute approximate surface area is 137 Å². The second kappa shape index (κ2) is 5.77. The van der Waals surface area contributed by atoms with Crippen LogP contribution in [-0.2, 0) is 9.59 Å². The Hall–Kier alpha value is -3.22. The molecule has 2 heterocycles. The van der Waals surface area contributed by atoms with Gasteiger partial charge in [0.15, 0.2) is 17.2 Å². The van der Waals surface area contributed by atoms with E-state index >= 15 is 0 Å². The van der Waals surface area contributed by atoms with E-state index in [1.807, 2.05) is 6.07 Å². The number of amides is 1. The summed E-state index contributed by atoms with van der Waals surface area (Å²) in [6.07, 6.45) is -0.0401. The molecule has 7 heteroatoms. The number of ether oxygens (including phenoxy) is 3. The lowest BCUT2D eigenvalue weighted by atomic mass is 10.1. The molecule has 0 aliphatic carbocycles. The standard InChI is InChI=1S/C17H14N2O5/c20-16(18-10-5-6-14-15(7-10)23-9-22-14)8-12-17(21)24-13-4-2-1-3-11(13)19-12/h1-7,12,19H,8-9H2,(H,18,20)/t12-/m1/s1. The van der Waals surface area contributed by atoms with E-state index in [1.165, 1.54) is 0 Å². The van der Waals surface area contributed by atoms with Crippen LogP contribution in [0.25, 0.3) is 0 Å². The van der Waals surface area contributed by atoms with Gasteiger partial charge in [0.05, 0.1) is 12.1 Å². The molecule has 2 aromatic rings. The average Bonchev–Trinajstić information content (AvgIpc) is 3.03. The van der Waals surface area contributed by atoms with Crippen LogP contribution in [0.1, 0.15) is 6.42 Å². The second-order valence-corrected chi connectivity index (χ2v) is 5.43. The molecule has 0 radical (unpaired) electrons. The summed E-state index contributed by atoms with van der Waals surface area (Å²) in [5.74, 6) is 0.909. The zero-order valence-corrected chi connectivity index (χ0v) is 12.6. The van der Waals surface area contributed by atoms with Crippen LogP contribution >= 0.6 is 0 Å². The van der Waals surface area contributed by atoms with E-state index in [1.54, 1.807) is 36.4 Å². The van der Waals surface area contributed by atoms with Crippen molar-refractivity contribution in [2.24, 2.45) is 0 Å². The number of benzene rings is 2. The highest BCUT2D eigenvalue weighted by atomic mass is 16.7. The van der Waals surface area contributed by atoms with Gasteiger partial charge in [0.1, 0.15) is 6.04 Å². The molecule has 1 amide bonds. The van der Waals surface area contributed by atoms with Gasteiger partial charge in [0.25, 0.3) is 0 Å². The van der Waals surface area contributed by atoms with Crippen molar-refractivity contribution in [1.82, 2.24) is 0 Å². The van der Waals surface area contributed by atoms with Gasteiger partial charge in [-0.05, 0) is 24.3 Å². The maximum absolute atomic E-state index is 12.2. The summed E-state index contributed by atoms with van der Waals surface area (Å²) in [5, 5.41) is 5.77. The molecular weight excluding hydrogens is 312 g/mol. The number of hydrogen-bond acceptors (Lipinski definition) is 6. The first-order valence-corrected chi connectivity index (χ1v) is 7.46. The van der Waals surface area contributed by atoms with Crippen LogP contribution in [-0.4, -0.2) is 24.7 Å². The van der Waals surface area contributed by atoms with E-state index in [-0.39, 0.29) is 19.1 Å². The molecule has 0 saturated carbocycles. The number of anilines is 2. The molecule has 1 atom stereocenters. The maximum atomic E-state index is 12.2. The Morgan fingerprint density at radius 2 is 1.96 bits per heavy atom. The highest BCUT2D eigenvalue weighted by Gasteiger charge is 2.29. The normalized spacial score (nSPS) is 17.5. The third-order valence-electron chi connectivity index (χ3n) is 3.76. The summed E-state index contributed by atoms with van der Waals surface area (Å²) in [5.41, 5.74) is 1.27. The Morgan fingerprint density at radius 1 is 1.12 bits per heavy atom. The molecule has 2 aliphatic rings. The fourth-order valence-electron chi connectivity index (χ4n) is 2.61. The fourth-order valence-corrected chi connectivity index (χ4v) is 2.61. The van der Waals surface area contributed by atoms with Gasteiger partial charge in [-0.1, -0.05) is 12.1 Å². The number of carbonyl (C=O) groups excluding carboxylic acids is 2. The first-order chi connectivity index (χ1) is 11.7. The van der Waals surface area contributed by atoms with Crippen molar-refractivity contribution >= 4 is 23.3 Å². The Morgan fingerprint density at radius 3 is 2.88 bits per heavy atom. The van der Waals surface area contributed by atoms with E-state index in [9.17, 15) is 9.59 Å². The minimum Gasteiger partial charge on any atom is -0.454 e. The van der Waals surface area contributed by atoms with Gasteiger partial charge in [-0.15, -0.1) is 0 Å². The van der Waals surface area contributed by atoms with Crippen molar-refractivity contribution in [3.05, 3.63) is 42.5 Å². The largest absolute Gasteiger partial charge is 0.454 e. The third-order valence-corrected chi connectivity index (χ3v) is 3.76. The lowest BCUT2D eigenvalue weighted by Crippen LogP contribution is -2.39. The van der Waals surface area contributed by atoms with Crippen LogP contribution < -0.4 is 24.8 Å². The van der Waals surface area contributed by atoms with Crippen LogP contribution in [0.2, 0.25) is 0 Å². The van der Waals surface area contributed by atoms with Crippen LogP contribution in [0.4, 0.5) is 11.4 Å².